The molecule has 0 aliphatic rings. The third-order valence-electron chi connectivity index (χ3n) is 8.59. The van der Waals surface area contributed by atoms with Gasteiger partial charge in [0.05, 0.1) is 16.7 Å². The van der Waals surface area contributed by atoms with Crippen LogP contribution in [-0.4, -0.2) is 98.1 Å². The summed E-state index contributed by atoms with van der Waals surface area (Å²) < 4.78 is 0. The van der Waals surface area contributed by atoms with Crippen LogP contribution in [0, 0.1) is 0 Å². The fraction of sp³-hybridized carbons (Fsp3) is 0.500. The maximum atomic E-state index is 13.0. The van der Waals surface area contributed by atoms with Crippen molar-refractivity contribution >= 4 is 45.9 Å². The molecule has 2 aromatic heterocycles. The van der Waals surface area contributed by atoms with Crippen LogP contribution in [0.4, 0.5) is 23.3 Å². The minimum Gasteiger partial charge on any atom is -0.354 e. The molecule has 4 aromatic rings. The molecule has 1 atom stereocenters. The molecule has 268 valence electrons. The van der Waals surface area contributed by atoms with Crippen molar-refractivity contribution in [2.45, 2.75) is 72.8 Å². The van der Waals surface area contributed by atoms with Crippen LogP contribution in [0.3, 0.4) is 0 Å². The zero-order valence-corrected chi connectivity index (χ0v) is 30.0. The van der Waals surface area contributed by atoms with E-state index in [9.17, 15) is 14.4 Å². The number of benzene rings is 2. The highest BCUT2D eigenvalue weighted by Gasteiger charge is 2.23. The molecule has 0 amide bonds. The van der Waals surface area contributed by atoms with E-state index in [2.05, 4.69) is 73.3 Å². The topological polar surface area (TPSA) is 177 Å². The first-order valence-corrected chi connectivity index (χ1v) is 17.7. The van der Waals surface area contributed by atoms with Crippen molar-refractivity contribution in [2.24, 2.45) is 10.2 Å². The van der Waals surface area contributed by atoms with Crippen LogP contribution in [0.25, 0.3) is 11.0 Å². The number of carbonyl (C=O) groups excluding carboxylic acids is 2. The number of aryl methyl sites for hydroxylation is 1. The van der Waals surface area contributed by atoms with E-state index in [0.29, 0.717) is 34.2 Å². The van der Waals surface area contributed by atoms with Gasteiger partial charge >= 0.3 is 5.69 Å². The Morgan fingerprint density at radius 1 is 0.820 bits per heavy atom. The number of aromatic amines is 2. The average Bonchev–Trinajstić information content (AvgIpc) is 3.48. The molecule has 2 heterocycles. The Morgan fingerprint density at radius 3 is 2.16 bits per heavy atom. The number of H-pyrrole nitrogens is 2. The number of nitrogens with one attached hydrogen (secondary N) is 4. The van der Waals surface area contributed by atoms with Crippen LogP contribution in [-0.2, 0) is 22.4 Å². The summed E-state index contributed by atoms with van der Waals surface area (Å²) in [5, 5.41) is 15.0. The van der Waals surface area contributed by atoms with Gasteiger partial charge in [-0.15, -0.1) is 0 Å². The molecular weight excluding hydrogens is 634 g/mol. The van der Waals surface area contributed by atoms with E-state index < -0.39 is 11.8 Å². The third-order valence-corrected chi connectivity index (χ3v) is 8.59. The highest BCUT2D eigenvalue weighted by molar-refractivity contribution is 6.06. The minimum atomic E-state index is -1.23. The number of fused-ring (bicyclic) bond motifs is 1. The molecule has 0 aliphatic carbocycles. The average molecular weight is 686 g/mol. The number of imidazole rings is 1. The van der Waals surface area contributed by atoms with Gasteiger partial charge in [0.15, 0.2) is 17.6 Å². The highest BCUT2D eigenvalue weighted by Crippen LogP contribution is 2.21. The zero-order valence-electron chi connectivity index (χ0n) is 30.0. The van der Waals surface area contributed by atoms with Gasteiger partial charge in [0.2, 0.25) is 11.9 Å². The first-order chi connectivity index (χ1) is 24.2. The second-order valence-electron chi connectivity index (χ2n) is 12.2. The van der Waals surface area contributed by atoms with Gasteiger partial charge in [-0.25, -0.2) is 4.79 Å². The van der Waals surface area contributed by atoms with E-state index >= 15 is 0 Å². The van der Waals surface area contributed by atoms with Crippen LogP contribution in [0.15, 0.2) is 57.5 Å². The molecule has 0 bridgehead atoms. The van der Waals surface area contributed by atoms with Crippen molar-refractivity contribution in [2.75, 3.05) is 56.4 Å². The predicted octanol–water partition coefficient (Wildman–Crippen LogP) is 5.45. The minimum absolute atomic E-state index is 0.0219. The number of aromatic nitrogens is 5. The molecule has 1 unspecified atom stereocenters. The number of rotatable bonds is 22. The second kappa shape index (κ2) is 19.4. The Labute approximate surface area is 293 Å². The fourth-order valence-corrected chi connectivity index (χ4v) is 5.59. The first-order valence-electron chi connectivity index (χ1n) is 17.7. The fourth-order valence-electron chi connectivity index (χ4n) is 5.59. The van der Waals surface area contributed by atoms with Crippen molar-refractivity contribution in [3.8, 4) is 0 Å². The molecule has 0 spiro atoms. The number of hydrogen-bond acceptors (Lipinski definition) is 12. The quantitative estimate of drug-likeness (QED) is 0.0473. The van der Waals surface area contributed by atoms with Crippen LogP contribution >= 0.6 is 0 Å². The van der Waals surface area contributed by atoms with Crippen LogP contribution in [0.1, 0.15) is 65.3 Å². The van der Waals surface area contributed by atoms with Gasteiger partial charge in [0.1, 0.15) is 5.82 Å². The predicted molar refractivity (Wildman–Crippen MR) is 198 cm³/mol. The van der Waals surface area contributed by atoms with E-state index in [0.717, 1.165) is 83.0 Å². The van der Waals surface area contributed by atoms with Gasteiger partial charge in [0.25, 0.3) is 0 Å². The number of hydrogen-bond donors (Lipinski definition) is 4. The maximum Gasteiger partial charge on any atom is 0.323 e. The summed E-state index contributed by atoms with van der Waals surface area (Å²) in [5.41, 5.74) is 2.80. The van der Waals surface area contributed by atoms with Gasteiger partial charge in [-0.3, -0.25) is 9.59 Å². The van der Waals surface area contributed by atoms with E-state index in [-0.39, 0.29) is 17.9 Å². The van der Waals surface area contributed by atoms with Gasteiger partial charge in [0, 0.05) is 25.1 Å². The van der Waals surface area contributed by atoms with Crippen LogP contribution in [0.2, 0.25) is 0 Å². The number of Topliss-reactive ketones (excluding diaryl/α,β-unsaturated/α-hetero) is 2. The molecule has 14 nitrogen and oxygen atoms in total. The number of ketones is 2. The summed E-state index contributed by atoms with van der Waals surface area (Å²) in [6.45, 7) is 17.0. The van der Waals surface area contributed by atoms with Gasteiger partial charge in [-0.2, -0.15) is 25.2 Å². The second-order valence-corrected chi connectivity index (χ2v) is 12.2. The molecule has 0 saturated carbocycles. The lowest BCUT2D eigenvalue weighted by Gasteiger charge is -2.18. The van der Waals surface area contributed by atoms with Crippen LogP contribution in [0.5, 0.6) is 0 Å². The summed E-state index contributed by atoms with van der Waals surface area (Å²) in [5.74, 6) is 0.952. The van der Waals surface area contributed by atoms with Gasteiger partial charge in [-0.05, 0) is 107 Å². The standard InChI is InChI=1S/C36H51N11O3/c1-6-46(7-2)21-11-10-13-32-41-34(37-20-12-22-47(8-3)9-4)43-35(42-32)38-27-15-17-28(18-16-27)44-45-33(25(5)48)31(49)24-26-14-19-29-30(23-26)40-36(50)39-29/h14-19,23,33H,6-13,20-22,24H2,1-5H3,(H2,39,40,50)(H2,37,38,41,42,43). The number of azo groups is 1. The first kappa shape index (κ1) is 38.0. The largest absolute Gasteiger partial charge is 0.354 e. The van der Waals surface area contributed by atoms with Gasteiger partial charge in [-0.1, -0.05) is 33.8 Å². The van der Waals surface area contributed by atoms with Crippen molar-refractivity contribution in [1.82, 2.24) is 34.7 Å². The SMILES string of the molecule is CCN(CC)CCCCc1nc(NCCCN(CC)CC)nc(Nc2ccc(N=NC(C(C)=O)C(=O)Cc3ccc4[nH]c(=O)[nH]c4c3)cc2)n1. The normalized spacial score (nSPS) is 12.3. The van der Waals surface area contributed by atoms with Gasteiger partial charge < -0.3 is 30.4 Å². The monoisotopic (exact) mass is 685 g/mol. The Hall–Kier alpha value is -4.82. The molecule has 2 aromatic carbocycles. The lowest BCUT2D eigenvalue weighted by atomic mass is 10.0. The van der Waals surface area contributed by atoms with Crippen molar-refractivity contribution < 1.29 is 9.59 Å². The maximum absolute atomic E-state index is 13.0. The Morgan fingerprint density at radius 2 is 1.48 bits per heavy atom. The molecule has 4 N–H and O–H groups in total. The molecule has 0 fully saturated rings. The lowest BCUT2D eigenvalue weighted by Crippen LogP contribution is -2.27. The number of nitrogens with zero attached hydrogens (tertiary/aromatic N) is 7. The Bertz CT molecular complexity index is 1720. The Kier molecular flexibility index (Phi) is 14.7. The molecular formula is C36H51N11O3. The molecule has 14 heteroatoms. The number of anilines is 3. The molecule has 50 heavy (non-hydrogen) atoms. The van der Waals surface area contributed by atoms with E-state index in [1.165, 1.54) is 6.92 Å². The summed E-state index contributed by atoms with van der Waals surface area (Å²) in [4.78, 5) is 61.1. The zero-order chi connectivity index (χ0) is 35.9. The Balaban J connectivity index is 1.40. The van der Waals surface area contributed by atoms with Crippen molar-refractivity contribution in [1.29, 1.82) is 0 Å². The van der Waals surface area contributed by atoms with Crippen LogP contribution < -0.4 is 16.3 Å². The summed E-state index contributed by atoms with van der Waals surface area (Å²) >= 11 is 0. The lowest BCUT2D eigenvalue weighted by molar-refractivity contribution is -0.127. The number of unbranched alkanes of at least 4 members (excludes halogenated alkanes) is 1. The third kappa shape index (κ3) is 11.7. The molecule has 0 radical (unpaired) electrons. The summed E-state index contributed by atoms with van der Waals surface area (Å²) in [6, 6.07) is 11.0. The smallest absolute Gasteiger partial charge is 0.323 e. The van der Waals surface area contributed by atoms with E-state index in [1.807, 2.05) is 12.1 Å². The summed E-state index contributed by atoms with van der Waals surface area (Å²) in [6.07, 6.45) is 3.76. The molecule has 0 aliphatic heterocycles. The van der Waals surface area contributed by atoms with E-state index in [4.69, 9.17) is 9.97 Å². The number of carbonyl (C=O) groups is 2. The van der Waals surface area contributed by atoms with Crippen molar-refractivity contribution in [3.63, 3.8) is 0 Å². The van der Waals surface area contributed by atoms with Crippen molar-refractivity contribution in [3.05, 3.63) is 64.3 Å². The molecule has 0 saturated heterocycles. The summed E-state index contributed by atoms with van der Waals surface area (Å²) in [7, 11) is 0. The van der Waals surface area contributed by atoms with E-state index in [1.54, 1.807) is 30.3 Å². The highest BCUT2D eigenvalue weighted by atomic mass is 16.2. The molecule has 4 rings (SSSR count).